The number of nitrogens with one attached hydrogen (secondary N) is 1. The molecule has 0 heterocycles. The molecule has 0 aliphatic heterocycles. The van der Waals surface area contributed by atoms with Crippen molar-refractivity contribution in [3.63, 3.8) is 0 Å². The quantitative estimate of drug-likeness (QED) is 0.740. The summed E-state index contributed by atoms with van der Waals surface area (Å²) in [6.07, 6.45) is -1.46. The van der Waals surface area contributed by atoms with E-state index in [1.54, 1.807) is 0 Å². The topological polar surface area (TPSA) is 55.1 Å². The van der Waals surface area contributed by atoms with Crippen LogP contribution in [0.3, 0.4) is 0 Å². The Kier molecular flexibility index (Phi) is 6.79. The summed E-state index contributed by atoms with van der Waals surface area (Å²) in [5.41, 5.74) is 5.50. The van der Waals surface area contributed by atoms with Gasteiger partial charge in [0.05, 0.1) is 5.92 Å². The second-order valence-electron chi connectivity index (χ2n) is 5.86. The summed E-state index contributed by atoms with van der Waals surface area (Å²) in [5, 5.41) is 2.82. The molecule has 0 aromatic rings. The van der Waals surface area contributed by atoms with Crippen molar-refractivity contribution in [2.75, 3.05) is 13.1 Å². The summed E-state index contributed by atoms with van der Waals surface area (Å²) in [7, 11) is 0. The average Bonchev–Trinajstić information content (AvgIpc) is 2.42. The van der Waals surface area contributed by atoms with Gasteiger partial charge in [-0.15, -0.1) is 0 Å². The lowest BCUT2D eigenvalue weighted by Gasteiger charge is -2.29. The van der Waals surface area contributed by atoms with E-state index in [9.17, 15) is 18.0 Å². The minimum Gasteiger partial charge on any atom is -0.356 e. The van der Waals surface area contributed by atoms with Crippen LogP contribution in [0.25, 0.3) is 0 Å². The van der Waals surface area contributed by atoms with Crippen molar-refractivity contribution >= 4 is 5.91 Å². The Balaban J connectivity index is 2.19. The number of alkyl halides is 3. The number of rotatable bonds is 6. The van der Waals surface area contributed by atoms with Crippen LogP contribution >= 0.6 is 0 Å². The molecule has 3 nitrogen and oxygen atoms in total. The van der Waals surface area contributed by atoms with Gasteiger partial charge in [-0.1, -0.05) is 6.92 Å². The number of amides is 1. The van der Waals surface area contributed by atoms with E-state index in [4.69, 9.17) is 5.73 Å². The molecule has 1 atom stereocenters. The highest BCUT2D eigenvalue weighted by Gasteiger charge is 2.42. The summed E-state index contributed by atoms with van der Waals surface area (Å²) in [4.78, 5) is 11.9. The fourth-order valence-electron chi connectivity index (χ4n) is 2.61. The molecule has 3 N–H and O–H groups in total. The third kappa shape index (κ3) is 5.69. The van der Waals surface area contributed by atoms with Crippen molar-refractivity contribution in [3.8, 4) is 0 Å². The third-order valence-electron chi connectivity index (χ3n) is 4.14. The van der Waals surface area contributed by atoms with Crippen LogP contribution in [0.1, 0.15) is 45.4 Å². The third-order valence-corrected chi connectivity index (χ3v) is 4.14. The van der Waals surface area contributed by atoms with Gasteiger partial charge >= 0.3 is 6.18 Å². The zero-order valence-corrected chi connectivity index (χ0v) is 12.0. The summed E-state index contributed by atoms with van der Waals surface area (Å²) in [6, 6.07) is 0. The molecule has 1 amide bonds. The normalized spacial score (nSPS) is 25.2. The largest absolute Gasteiger partial charge is 0.391 e. The molecule has 118 valence electrons. The van der Waals surface area contributed by atoms with Crippen LogP contribution in [0.5, 0.6) is 0 Å². The number of carbonyl (C=O) groups is 1. The molecule has 1 aliphatic rings. The van der Waals surface area contributed by atoms with Gasteiger partial charge in [0, 0.05) is 12.5 Å². The standard InChI is InChI=1S/C14H25F3N2O/c1-10(9-18)3-2-8-19-13(20)11-4-6-12(7-5-11)14(15,16)17/h10-12H,2-9,18H2,1H3,(H,19,20). The van der Waals surface area contributed by atoms with Crippen molar-refractivity contribution in [3.05, 3.63) is 0 Å². The van der Waals surface area contributed by atoms with Gasteiger partial charge in [0.15, 0.2) is 0 Å². The SMILES string of the molecule is CC(CN)CCCNC(=O)C1CCC(C(F)(F)F)CC1. The van der Waals surface area contributed by atoms with Crippen LogP contribution in [0, 0.1) is 17.8 Å². The Morgan fingerprint density at radius 3 is 2.40 bits per heavy atom. The first kappa shape index (κ1) is 17.3. The Labute approximate surface area is 118 Å². The van der Waals surface area contributed by atoms with E-state index >= 15 is 0 Å². The smallest absolute Gasteiger partial charge is 0.356 e. The first-order chi connectivity index (χ1) is 9.34. The molecule has 0 bridgehead atoms. The van der Waals surface area contributed by atoms with E-state index in [0.29, 0.717) is 31.8 Å². The van der Waals surface area contributed by atoms with Crippen molar-refractivity contribution in [2.45, 2.75) is 51.6 Å². The lowest BCUT2D eigenvalue weighted by molar-refractivity contribution is -0.184. The molecular weight excluding hydrogens is 269 g/mol. The Bertz CT molecular complexity index is 299. The van der Waals surface area contributed by atoms with E-state index < -0.39 is 12.1 Å². The lowest BCUT2D eigenvalue weighted by atomic mass is 9.81. The second kappa shape index (κ2) is 7.86. The van der Waals surface area contributed by atoms with Gasteiger partial charge in [-0.3, -0.25) is 4.79 Å². The number of hydrogen-bond donors (Lipinski definition) is 2. The molecule has 1 saturated carbocycles. The number of carbonyl (C=O) groups excluding carboxylic acids is 1. The minimum absolute atomic E-state index is 0.0752. The van der Waals surface area contributed by atoms with Gasteiger partial charge in [-0.25, -0.2) is 0 Å². The van der Waals surface area contributed by atoms with E-state index in [-0.39, 0.29) is 24.7 Å². The van der Waals surface area contributed by atoms with Crippen LogP contribution in [-0.4, -0.2) is 25.2 Å². The fourth-order valence-corrected chi connectivity index (χ4v) is 2.61. The Morgan fingerprint density at radius 2 is 1.90 bits per heavy atom. The monoisotopic (exact) mass is 294 g/mol. The zero-order chi connectivity index (χ0) is 15.2. The first-order valence-electron chi connectivity index (χ1n) is 7.39. The van der Waals surface area contributed by atoms with E-state index in [1.807, 2.05) is 0 Å². The molecule has 1 aliphatic carbocycles. The predicted molar refractivity (Wildman–Crippen MR) is 72.0 cm³/mol. The molecule has 0 aromatic heterocycles. The van der Waals surface area contributed by atoms with Crippen LogP contribution in [0.15, 0.2) is 0 Å². The zero-order valence-electron chi connectivity index (χ0n) is 12.0. The molecule has 1 unspecified atom stereocenters. The van der Waals surface area contributed by atoms with Crippen molar-refractivity contribution < 1.29 is 18.0 Å². The summed E-state index contributed by atoms with van der Waals surface area (Å²) in [5.74, 6) is -1.13. The molecule has 0 saturated heterocycles. The van der Waals surface area contributed by atoms with Crippen LogP contribution in [0.2, 0.25) is 0 Å². The highest BCUT2D eigenvalue weighted by molar-refractivity contribution is 5.78. The molecule has 0 spiro atoms. The summed E-state index contributed by atoms with van der Waals surface area (Å²) < 4.78 is 37.5. The second-order valence-corrected chi connectivity index (χ2v) is 5.86. The van der Waals surface area contributed by atoms with Gasteiger partial charge in [0.25, 0.3) is 0 Å². The van der Waals surface area contributed by atoms with E-state index in [1.165, 1.54) is 0 Å². The maximum atomic E-state index is 12.5. The van der Waals surface area contributed by atoms with Gasteiger partial charge in [-0.05, 0) is 51.0 Å². The average molecular weight is 294 g/mol. The van der Waals surface area contributed by atoms with Gasteiger partial charge in [-0.2, -0.15) is 13.2 Å². The van der Waals surface area contributed by atoms with Crippen LogP contribution in [-0.2, 0) is 4.79 Å². The highest BCUT2D eigenvalue weighted by Crippen LogP contribution is 2.39. The molecular formula is C14H25F3N2O. The minimum atomic E-state index is -4.11. The lowest BCUT2D eigenvalue weighted by Crippen LogP contribution is -2.36. The highest BCUT2D eigenvalue weighted by atomic mass is 19.4. The predicted octanol–water partition coefficient (Wildman–Crippen LogP) is 2.85. The van der Waals surface area contributed by atoms with Crippen LogP contribution in [0.4, 0.5) is 13.2 Å². The number of halogens is 3. The maximum Gasteiger partial charge on any atom is 0.391 e. The number of nitrogens with two attached hydrogens (primary N) is 1. The Morgan fingerprint density at radius 1 is 1.30 bits per heavy atom. The van der Waals surface area contributed by atoms with E-state index in [0.717, 1.165) is 12.8 Å². The van der Waals surface area contributed by atoms with Crippen LogP contribution < -0.4 is 11.1 Å². The molecule has 1 rings (SSSR count). The van der Waals surface area contributed by atoms with Gasteiger partial charge in [0.2, 0.25) is 5.91 Å². The molecule has 0 radical (unpaired) electrons. The Hall–Kier alpha value is -0.780. The fraction of sp³-hybridized carbons (Fsp3) is 0.929. The summed E-state index contributed by atoms with van der Waals surface area (Å²) in [6.45, 7) is 3.28. The van der Waals surface area contributed by atoms with E-state index in [2.05, 4.69) is 12.2 Å². The molecule has 1 fully saturated rings. The van der Waals surface area contributed by atoms with Gasteiger partial charge < -0.3 is 11.1 Å². The molecule has 20 heavy (non-hydrogen) atoms. The molecule has 0 aromatic carbocycles. The first-order valence-corrected chi connectivity index (χ1v) is 7.39. The molecule has 6 heteroatoms. The van der Waals surface area contributed by atoms with Crippen molar-refractivity contribution in [2.24, 2.45) is 23.5 Å². The van der Waals surface area contributed by atoms with Crippen molar-refractivity contribution in [1.82, 2.24) is 5.32 Å². The van der Waals surface area contributed by atoms with Gasteiger partial charge in [0.1, 0.15) is 0 Å². The number of hydrogen-bond acceptors (Lipinski definition) is 2. The summed E-state index contributed by atoms with van der Waals surface area (Å²) >= 11 is 0. The van der Waals surface area contributed by atoms with Crippen molar-refractivity contribution in [1.29, 1.82) is 0 Å². The maximum absolute atomic E-state index is 12.5.